The van der Waals surface area contributed by atoms with Crippen LogP contribution in [0.5, 0.6) is 0 Å². The van der Waals surface area contributed by atoms with Crippen molar-refractivity contribution in [3.63, 3.8) is 0 Å². The second-order valence-corrected chi connectivity index (χ2v) is 10.3. The molecule has 0 bridgehead atoms. The highest BCUT2D eigenvalue weighted by molar-refractivity contribution is 7.26. The summed E-state index contributed by atoms with van der Waals surface area (Å²) in [5.41, 5.74) is 4.30. The molecule has 0 spiro atoms. The Hall–Kier alpha value is -2.92. The summed E-state index contributed by atoms with van der Waals surface area (Å²) in [5.74, 6) is 0.637. The van der Waals surface area contributed by atoms with E-state index in [9.17, 15) is 9.36 Å². The Kier molecular flexibility index (Phi) is 3.63. The summed E-state index contributed by atoms with van der Waals surface area (Å²) >= 11 is 0. The monoisotopic (exact) mass is 407 g/mol. The van der Waals surface area contributed by atoms with Crippen LogP contribution in [0.15, 0.2) is 36.4 Å². The Morgan fingerprint density at radius 1 is 1.14 bits per heavy atom. The van der Waals surface area contributed by atoms with Gasteiger partial charge >= 0.3 is 0 Å². The minimum atomic E-state index is -1.17. The van der Waals surface area contributed by atoms with E-state index in [0.717, 1.165) is 38.9 Å². The zero-order chi connectivity index (χ0) is 20.6. The van der Waals surface area contributed by atoms with Gasteiger partial charge in [0.05, 0.1) is 41.4 Å². The van der Waals surface area contributed by atoms with Crippen LogP contribution in [0.4, 0.5) is 5.69 Å². The number of nitrogens with one attached hydrogen (secondary N) is 2. The molecule has 1 atom stereocenters. The maximum atomic E-state index is 13.1. The molecule has 0 fully saturated rings. The van der Waals surface area contributed by atoms with E-state index in [1.807, 2.05) is 64.1 Å². The molecule has 148 valence electrons. The number of para-hydroxylation sites is 1. The molecule has 3 heterocycles. The van der Waals surface area contributed by atoms with E-state index in [1.54, 1.807) is 4.90 Å². The first-order valence-corrected chi connectivity index (χ1v) is 10.6. The average molecular weight is 407 g/mol. The number of rotatable bonds is 3. The van der Waals surface area contributed by atoms with E-state index in [1.165, 1.54) is 0 Å². The van der Waals surface area contributed by atoms with E-state index < -0.39 is 19.2 Å². The fourth-order valence-corrected chi connectivity index (χ4v) is 4.48. The Morgan fingerprint density at radius 3 is 2.66 bits per heavy atom. The van der Waals surface area contributed by atoms with E-state index in [-0.39, 0.29) is 5.91 Å². The summed E-state index contributed by atoms with van der Waals surface area (Å²) in [7, 11) is -1.17. The summed E-state index contributed by atoms with van der Waals surface area (Å²) in [6.45, 7) is 7.50. The van der Waals surface area contributed by atoms with E-state index in [4.69, 9.17) is 4.98 Å². The predicted octanol–water partition coefficient (Wildman–Crippen LogP) is 4.22. The van der Waals surface area contributed by atoms with Crippen LogP contribution in [0.1, 0.15) is 33.3 Å². The molecule has 5 rings (SSSR count). The van der Waals surface area contributed by atoms with Crippen LogP contribution in [-0.4, -0.2) is 31.4 Å². The van der Waals surface area contributed by atoms with Gasteiger partial charge in [0, 0.05) is 5.39 Å². The second kappa shape index (κ2) is 5.80. The molecule has 1 unspecified atom stereocenters. The molecule has 0 saturated heterocycles. The molecular formula is C21H22N5O2P. The standard InChI is InChI=1S/C21H22N5O2P/c1-20(2)12-9-14-15(10-16(12)26(19(20)27)21(3,4)29-28)23-18(22-14)17-11-7-5-6-8-13(11)24-25-17/h5-10H,29H2,1-4H3,(H,22,23)(H,24,25). The summed E-state index contributed by atoms with van der Waals surface area (Å²) < 4.78 is 11.9. The number of fused-ring (bicyclic) bond motifs is 3. The lowest BCUT2D eigenvalue weighted by molar-refractivity contribution is -0.122. The van der Waals surface area contributed by atoms with Crippen LogP contribution in [0.25, 0.3) is 33.5 Å². The first kappa shape index (κ1) is 18.1. The Balaban J connectivity index is 1.72. The van der Waals surface area contributed by atoms with Crippen molar-refractivity contribution in [2.45, 2.75) is 38.4 Å². The molecule has 0 saturated carbocycles. The van der Waals surface area contributed by atoms with Crippen molar-refractivity contribution < 1.29 is 9.36 Å². The van der Waals surface area contributed by atoms with E-state index in [0.29, 0.717) is 5.82 Å². The zero-order valence-electron chi connectivity index (χ0n) is 16.7. The summed E-state index contributed by atoms with van der Waals surface area (Å²) in [6, 6.07) is 11.8. The third kappa shape index (κ3) is 2.43. The number of carbonyl (C=O) groups is 1. The SMILES string of the molecule is CC1(C)C(=O)N(C(C)(C)[PH2]=O)c2cc3[nH]c(-c4n[nH]c5ccccc45)nc3cc21. The van der Waals surface area contributed by atoms with E-state index in [2.05, 4.69) is 15.2 Å². The molecule has 29 heavy (non-hydrogen) atoms. The highest BCUT2D eigenvalue weighted by atomic mass is 31.1. The van der Waals surface area contributed by atoms with Crippen molar-refractivity contribution in [2.24, 2.45) is 0 Å². The van der Waals surface area contributed by atoms with Crippen molar-refractivity contribution in [1.29, 1.82) is 0 Å². The lowest BCUT2D eigenvalue weighted by Crippen LogP contribution is -2.46. The fourth-order valence-electron chi connectivity index (χ4n) is 4.12. The molecule has 1 amide bonds. The molecule has 4 aromatic rings. The molecule has 7 nitrogen and oxygen atoms in total. The van der Waals surface area contributed by atoms with Crippen molar-refractivity contribution in [2.75, 3.05) is 4.90 Å². The molecule has 0 aliphatic carbocycles. The fraction of sp³-hybridized carbons (Fsp3) is 0.286. The molecule has 0 radical (unpaired) electrons. The molecule has 1 aliphatic rings. The van der Waals surface area contributed by atoms with Gasteiger partial charge in [-0.2, -0.15) is 5.10 Å². The van der Waals surface area contributed by atoms with Gasteiger partial charge in [-0.1, -0.05) is 18.2 Å². The zero-order valence-corrected chi connectivity index (χ0v) is 17.9. The number of aromatic amines is 2. The number of anilines is 1. The van der Waals surface area contributed by atoms with Crippen LogP contribution in [0.3, 0.4) is 0 Å². The van der Waals surface area contributed by atoms with Gasteiger partial charge in [0.25, 0.3) is 0 Å². The Labute approximate surface area is 168 Å². The summed E-state index contributed by atoms with van der Waals surface area (Å²) in [4.78, 5) is 22.9. The van der Waals surface area contributed by atoms with Gasteiger partial charge < -0.3 is 9.55 Å². The van der Waals surface area contributed by atoms with Gasteiger partial charge in [-0.05, 0) is 51.5 Å². The number of amides is 1. The van der Waals surface area contributed by atoms with Gasteiger partial charge in [0.15, 0.2) is 5.82 Å². The van der Waals surface area contributed by atoms with Crippen molar-refractivity contribution in [3.05, 3.63) is 42.0 Å². The number of hydrogen-bond donors (Lipinski definition) is 2. The molecule has 2 aromatic heterocycles. The van der Waals surface area contributed by atoms with Crippen molar-refractivity contribution >= 4 is 42.0 Å². The van der Waals surface area contributed by atoms with Gasteiger partial charge in [0.1, 0.15) is 5.69 Å². The number of carbonyl (C=O) groups excluding carboxylic acids is 1. The van der Waals surface area contributed by atoms with Crippen molar-refractivity contribution in [1.82, 2.24) is 20.2 Å². The molecule has 1 aliphatic heterocycles. The number of hydrogen-bond acceptors (Lipinski definition) is 4. The van der Waals surface area contributed by atoms with Gasteiger partial charge in [-0.3, -0.25) is 14.8 Å². The Morgan fingerprint density at radius 2 is 1.90 bits per heavy atom. The topological polar surface area (TPSA) is 94.7 Å². The molecular weight excluding hydrogens is 385 g/mol. The molecule has 2 N–H and O–H groups in total. The largest absolute Gasteiger partial charge is 0.337 e. The highest BCUT2D eigenvalue weighted by Crippen LogP contribution is 2.48. The summed E-state index contributed by atoms with van der Waals surface area (Å²) in [6.07, 6.45) is 0. The van der Waals surface area contributed by atoms with Crippen LogP contribution in [-0.2, 0) is 14.8 Å². The van der Waals surface area contributed by atoms with Crippen LogP contribution in [0.2, 0.25) is 0 Å². The second-order valence-electron chi connectivity index (χ2n) is 8.63. The number of aromatic nitrogens is 4. The quantitative estimate of drug-likeness (QED) is 0.497. The normalized spacial score (nSPS) is 16.6. The first-order valence-electron chi connectivity index (χ1n) is 9.53. The van der Waals surface area contributed by atoms with Gasteiger partial charge in [0.2, 0.25) is 5.91 Å². The van der Waals surface area contributed by atoms with E-state index >= 15 is 0 Å². The van der Waals surface area contributed by atoms with Gasteiger partial charge in [-0.25, -0.2) is 4.98 Å². The predicted molar refractivity (Wildman–Crippen MR) is 116 cm³/mol. The van der Waals surface area contributed by atoms with Crippen LogP contribution >= 0.6 is 8.46 Å². The Bertz CT molecular complexity index is 1320. The lowest BCUT2D eigenvalue weighted by atomic mass is 9.86. The lowest BCUT2D eigenvalue weighted by Gasteiger charge is -2.32. The van der Waals surface area contributed by atoms with Crippen LogP contribution < -0.4 is 4.90 Å². The molecule has 2 aromatic carbocycles. The third-order valence-electron chi connectivity index (χ3n) is 5.81. The maximum Gasteiger partial charge on any atom is 0.238 e. The maximum absolute atomic E-state index is 13.1. The number of benzene rings is 2. The van der Waals surface area contributed by atoms with Crippen molar-refractivity contribution in [3.8, 4) is 11.5 Å². The smallest absolute Gasteiger partial charge is 0.238 e. The molecule has 8 heteroatoms. The average Bonchev–Trinajstić information content (AvgIpc) is 3.34. The summed E-state index contributed by atoms with van der Waals surface area (Å²) in [5, 5.41) is 7.73. The van der Waals surface area contributed by atoms with Gasteiger partial charge in [-0.15, -0.1) is 0 Å². The number of imidazole rings is 1. The van der Waals surface area contributed by atoms with Crippen LogP contribution in [0, 0.1) is 0 Å². The third-order valence-corrected chi connectivity index (χ3v) is 6.65. The number of H-pyrrole nitrogens is 2. The number of nitrogens with zero attached hydrogens (tertiary/aromatic N) is 3. The first-order chi connectivity index (χ1) is 13.7. The highest BCUT2D eigenvalue weighted by Gasteiger charge is 2.49. The minimum Gasteiger partial charge on any atom is -0.337 e. The minimum absolute atomic E-state index is 0.0352.